The molecule has 1 saturated carbocycles. The Morgan fingerprint density at radius 3 is 2.50 bits per heavy atom. The summed E-state index contributed by atoms with van der Waals surface area (Å²) in [6, 6.07) is 0.502. The zero-order valence-corrected chi connectivity index (χ0v) is 9.16. The molecule has 1 rings (SSSR count). The summed E-state index contributed by atoms with van der Waals surface area (Å²) in [5.41, 5.74) is 0. The van der Waals surface area contributed by atoms with Gasteiger partial charge < -0.3 is 0 Å². The molecule has 0 aromatic rings. The fourth-order valence-electron chi connectivity index (χ4n) is 1.92. The molecule has 1 aliphatic carbocycles. The van der Waals surface area contributed by atoms with Gasteiger partial charge in [0.1, 0.15) is 5.84 Å². The van der Waals surface area contributed by atoms with Crippen LogP contribution in [0.1, 0.15) is 39.0 Å². The summed E-state index contributed by atoms with van der Waals surface area (Å²) in [5, 5.41) is 6.12. The van der Waals surface area contributed by atoms with E-state index in [2.05, 4.69) is 22.5 Å². The molecule has 0 unspecified atom stereocenters. The van der Waals surface area contributed by atoms with E-state index in [9.17, 15) is 0 Å². The predicted molar refractivity (Wildman–Crippen MR) is 60.8 cm³/mol. The van der Waals surface area contributed by atoms with Gasteiger partial charge in [0.2, 0.25) is 0 Å². The van der Waals surface area contributed by atoms with Crippen LogP contribution in [0.5, 0.6) is 0 Å². The number of hydrogen-bond donors (Lipinski definition) is 0. The van der Waals surface area contributed by atoms with Crippen molar-refractivity contribution in [1.29, 1.82) is 0 Å². The highest BCUT2D eigenvalue weighted by molar-refractivity contribution is 5.80. The fourth-order valence-corrected chi connectivity index (χ4v) is 1.92. The Morgan fingerprint density at radius 1 is 1.36 bits per heavy atom. The molecule has 1 aliphatic rings. The van der Waals surface area contributed by atoms with E-state index >= 15 is 0 Å². The van der Waals surface area contributed by atoms with E-state index in [1.807, 2.05) is 11.9 Å². The molecule has 0 bridgehead atoms. The monoisotopic (exact) mass is 193 g/mol. The number of rotatable bonds is 2. The Kier molecular flexibility index (Phi) is 4.41. The molecule has 3 heteroatoms. The highest BCUT2D eigenvalue weighted by Crippen LogP contribution is 2.22. The van der Waals surface area contributed by atoms with Gasteiger partial charge in [-0.3, -0.25) is 4.99 Å². The molecule has 78 valence electrons. The third kappa shape index (κ3) is 2.71. The molecular formula is C11H19N3. The molecule has 3 nitrogen and oxygen atoms in total. The summed E-state index contributed by atoms with van der Waals surface area (Å²) >= 11 is 0. The normalized spacial score (nSPS) is 18.9. The van der Waals surface area contributed by atoms with Gasteiger partial charge in [-0.2, -0.15) is 0 Å². The van der Waals surface area contributed by atoms with Crippen LogP contribution >= 0.6 is 0 Å². The maximum absolute atomic E-state index is 4.16. The number of hydrogen-bond acceptors (Lipinski definition) is 2. The van der Waals surface area contributed by atoms with E-state index in [0.717, 1.165) is 5.84 Å². The minimum absolute atomic E-state index is 0.502. The zero-order valence-electron chi connectivity index (χ0n) is 9.16. The Balaban J connectivity index is 2.70. The van der Waals surface area contributed by atoms with Gasteiger partial charge >= 0.3 is 0 Å². The van der Waals surface area contributed by atoms with E-state index in [4.69, 9.17) is 0 Å². The SMILES string of the molecule is C=C=NN(C(C)=NC)C1CCCCC1. The fraction of sp³-hybridized carbons (Fsp3) is 0.727. The second kappa shape index (κ2) is 5.61. The van der Waals surface area contributed by atoms with Crippen LogP contribution < -0.4 is 0 Å². The van der Waals surface area contributed by atoms with Crippen molar-refractivity contribution in [1.82, 2.24) is 5.01 Å². The van der Waals surface area contributed by atoms with Gasteiger partial charge in [0, 0.05) is 12.9 Å². The van der Waals surface area contributed by atoms with Crippen molar-refractivity contribution in [2.75, 3.05) is 7.05 Å². The summed E-state index contributed by atoms with van der Waals surface area (Å²) in [6.07, 6.45) is 6.36. The lowest BCUT2D eigenvalue weighted by molar-refractivity contribution is 0.251. The first-order valence-electron chi connectivity index (χ1n) is 5.25. The van der Waals surface area contributed by atoms with Gasteiger partial charge in [-0.25, -0.2) is 5.01 Å². The Morgan fingerprint density at radius 2 is 2.00 bits per heavy atom. The molecule has 0 atom stereocenters. The van der Waals surface area contributed by atoms with Gasteiger partial charge in [0.05, 0.1) is 6.04 Å². The van der Waals surface area contributed by atoms with Gasteiger partial charge in [-0.1, -0.05) is 19.3 Å². The van der Waals surface area contributed by atoms with E-state index < -0.39 is 0 Å². The number of amidine groups is 1. The summed E-state index contributed by atoms with van der Waals surface area (Å²) in [5.74, 6) is 3.55. The molecule has 0 radical (unpaired) electrons. The van der Waals surface area contributed by atoms with Crippen LogP contribution in [0.3, 0.4) is 0 Å². The van der Waals surface area contributed by atoms with Crippen LogP contribution in [0.25, 0.3) is 0 Å². The molecule has 14 heavy (non-hydrogen) atoms. The van der Waals surface area contributed by atoms with E-state index in [1.54, 1.807) is 7.05 Å². The zero-order chi connectivity index (χ0) is 10.4. The first kappa shape index (κ1) is 11.0. The summed E-state index contributed by atoms with van der Waals surface area (Å²) in [4.78, 5) is 4.16. The van der Waals surface area contributed by atoms with Crippen molar-refractivity contribution < 1.29 is 0 Å². The number of nitrogens with zero attached hydrogens (tertiary/aromatic N) is 3. The lowest BCUT2D eigenvalue weighted by atomic mass is 9.95. The highest BCUT2D eigenvalue weighted by atomic mass is 15.5. The Bertz CT molecular complexity index is 245. The topological polar surface area (TPSA) is 28.0 Å². The van der Waals surface area contributed by atoms with Crippen LogP contribution in [0.2, 0.25) is 0 Å². The molecule has 0 heterocycles. The Hall–Kier alpha value is -1.08. The predicted octanol–water partition coefficient (Wildman–Crippen LogP) is 2.44. The summed E-state index contributed by atoms with van der Waals surface area (Å²) in [6.45, 7) is 5.51. The standard InChI is InChI=1S/C11H19N3/c1-4-13-14(10(2)12-3)11-8-6-5-7-9-11/h11H,1,5-9H2,2-3H3. The van der Waals surface area contributed by atoms with Gasteiger partial charge in [0.15, 0.2) is 0 Å². The third-order valence-corrected chi connectivity index (χ3v) is 2.75. The molecule has 1 fully saturated rings. The van der Waals surface area contributed by atoms with Gasteiger partial charge in [0.25, 0.3) is 0 Å². The smallest absolute Gasteiger partial charge is 0.117 e. The van der Waals surface area contributed by atoms with Crippen molar-refractivity contribution >= 4 is 11.7 Å². The van der Waals surface area contributed by atoms with Crippen molar-refractivity contribution in [2.24, 2.45) is 10.1 Å². The van der Waals surface area contributed by atoms with Crippen LogP contribution in [-0.2, 0) is 0 Å². The first-order chi connectivity index (χ1) is 6.79. The maximum Gasteiger partial charge on any atom is 0.117 e. The summed E-state index contributed by atoms with van der Waals surface area (Å²) in [7, 11) is 1.80. The van der Waals surface area contributed by atoms with Crippen LogP contribution in [0, 0.1) is 0 Å². The molecular weight excluding hydrogens is 174 g/mol. The van der Waals surface area contributed by atoms with Gasteiger partial charge in [-0.05, 0) is 26.3 Å². The minimum atomic E-state index is 0.502. The Labute approximate surface area is 86.2 Å². The largest absolute Gasteiger partial charge is 0.274 e. The van der Waals surface area contributed by atoms with Crippen LogP contribution in [0.15, 0.2) is 16.7 Å². The molecule has 0 aromatic carbocycles. The van der Waals surface area contributed by atoms with Crippen molar-refractivity contribution in [2.45, 2.75) is 45.1 Å². The average Bonchev–Trinajstić information content (AvgIpc) is 2.26. The van der Waals surface area contributed by atoms with Gasteiger partial charge in [-0.15, -0.1) is 5.10 Å². The molecule has 0 spiro atoms. The van der Waals surface area contributed by atoms with Crippen molar-refractivity contribution in [3.8, 4) is 0 Å². The third-order valence-electron chi connectivity index (χ3n) is 2.75. The average molecular weight is 193 g/mol. The minimum Gasteiger partial charge on any atom is -0.274 e. The number of aliphatic imine (C=N–C) groups is 1. The maximum atomic E-state index is 4.16. The van der Waals surface area contributed by atoms with Crippen LogP contribution in [-0.4, -0.2) is 29.8 Å². The molecule has 0 aromatic heterocycles. The number of hydrazone groups is 1. The molecule has 0 saturated heterocycles. The molecule has 0 N–H and O–H groups in total. The lowest BCUT2D eigenvalue weighted by Gasteiger charge is -2.30. The van der Waals surface area contributed by atoms with Crippen molar-refractivity contribution in [3.05, 3.63) is 6.58 Å². The van der Waals surface area contributed by atoms with Crippen molar-refractivity contribution in [3.63, 3.8) is 0 Å². The first-order valence-corrected chi connectivity index (χ1v) is 5.25. The van der Waals surface area contributed by atoms with E-state index in [-0.39, 0.29) is 0 Å². The van der Waals surface area contributed by atoms with Crippen LogP contribution in [0.4, 0.5) is 0 Å². The van der Waals surface area contributed by atoms with E-state index in [0.29, 0.717) is 6.04 Å². The second-order valence-corrected chi connectivity index (χ2v) is 3.67. The second-order valence-electron chi connectivity index (χ2n) is 3.67. The van der Waals surface area contributed by atoms with E-state index in [1.165, 1.54) is 32.1 Å². The molecule has 0 amide bonds. The summed E-state index contributed by atoms with van der Waals surface area (Å²) < 4.78 is 0. The quantitative estimate of drug-likeness (QED) is 0.376. The molecule has 0 aliphatic heterocycles. The highest BCUT2D eigenvalue weighted by Gasteiger charge is 2.21. The lowest BCUT2D eigenvalue weighted by Crippen LogP contribution is -2.36.